The monoisotopic (exact) mass is 471 g/mol. The number of aromatic amines is 1. The minimum Gasteiger partial charge on any atom is -0.324 e. The van der Waals surface area contributed by atoms with Crippen molar-refractivity contribution in [1.82, 2.24) is 20.2 Å². The van der Waals surface area contributed by atoms with Gasteiger partial charge in [-0.2, -0.15) is 15.1 Å². The number of carbonyl (C=O) groups is 1. The zero-order valence-corrected chi connectivity index (χ0v) is 18.8. The van der Waals surface area contributed by atoms with E-state index < -0.39 is 16.5 Å². The van der Waals surface area contributed by atoms with Crippen molar-refractivity contribution in [3.63, 3.8) is 0 Å². The number of nitrogens with one attached hydrogen (secondary N) is 4. The second-order valence-electron chi connectivity index (χ2n) is 8.23. The molecule has 11 heteroatoms. The second kappa shape index (κ2) is 9.21. The summed E-state index contributed by atoms with van der Waals surface area (Å²) in [6.07, 6.45) is 2.14. The fraction of sp³-hybridized carbons (Fsp3) is 0.167. The minimum absolute atomic E-state index is 0.0625. The van der Waals surface area contributed by atoms with Gasteiger partial charge >= 0.3 is 5.69 Å². The second-order valence-corrected chi connectivity index (χ2v) is 8.23. The fourth-order valence-corrected chi connectivity index (χ4v) is 3.60. The Morgan fingerprint density at radius 2 is 1.80 bits per heavy atom. The van der Waals surface area contributed by atoms with Crippen LogP contribution in [0.2, 0.25) is 0 Å². The number of aromatic nitrogens is 4. The maximum atomic E-state index is 13.2. The largest absolute Gasteiger partial charge is 0.389 e. The van der Waals surface area contributed by atoms with Crippen LogP contribution in [0.25, 0.3) is 0 Å². The number of carbonyl (C=O) groups excluding carboxylic acids is 1. The van der Waals surface area contributed by atoms with Crippen molar-refractivity contribution in [2.75, 3.05) is 16.0 Å². The van der Waals surface area contributed by atoms with Crippen LogP contribution >= 0.6 is 0 Å². The topological polar surface area (TPSA) is 148 Å². The molecule has 2 heterocycles. The quantitative estimate of drug-likeness (QED) is 0.227. The van der Waals surface area contributed by atoms with Crippen molar-refractivity contribution in [2.24, 2.45) is 0 Å². The van der Waals surface area contributed by atoms with Gasteiger partial charge in [0, 0.05) is 23.4 Å². The Kier molecular flexibility index (Phi) is 5.80. The first-order valence-corrected chi connectivity index (χ1v) is 11.1. The molecular weight excluding hydrogens is 448 g/mol. The molecule has 2 aromatic heterocycles. The lowest BCUT2D eigenvalue weighted by molar-refractivity contribution is -0.729. The molecule has 1 saturated carbocycles. The number of amides is 1. The summed E-state index contributed by atoms with van der Waals surface area (Å²) < 4.78 is 0. The Hall–Kier alpha value is -4.80. The summed E-state index contributed by atoms with van der Waals surface area (Å²) >= 11 is 0. The average Bonchev–Trinajstić information content (AvgIpc) is 3.59. The predicted octanol–water partition coefficient (Wildman–Crippen LogP) is 4.92. The van der Waals surface area contributed by atoms with E-state index in [1.165, 1.54) is 0 Å². The highest BCUT2D eigenvalue weighted by molar-refractivity contribution is 6.07. The third-order valence-electron chi connectivity index (χ3n) is 5.56. The molecule has 2 aromatic carbocycles. The molecule has 0 aliphatic heterocycles. The van der Waals surface area contributed by atoms with Crippen LogP contribution in [0.15, 0.2) is 60.7 Å². The number of H-pyrrole nitrogens is 1. The Morgan fingerprint density at radius 1 is 1.06 bits per heavy atom. The van der Waals surface area contributed by atoms with Crippen molar-refractivity contribution >= 4 is 40.6 Å². The predicted molar refractivity (Wildman–Crippen MR) is 130 cm³/mol. The first-order chi connectivity index (χ1) is 17.0. The van der Waals surface area contributed by atoms with E-state index in [9.17, 15) is 14.9 Å². The van der Waals surface area contributed by atoms with Gasteiger partial charge in [0.05, 0.1) is 10.6 Å². The van der Waals surface area contributed by atoms with Gasteiger partial charge in [-0.15, -0.1) is 0 Å². The molecule has 5 rings (SSSR count). The van der Waals surface area contributed by atoms with Crippen molar-refractivity contribution in [2.45, 2.75) is 25.7 Å². The van der Waals surface area contributed by atoms with Crippen molar-refractivity contribution in [3.8, 4) is 0 Å². The molecule has 176 valence electrons. The van der Waals surface area contributed by atoms with E-state index in [2.05, 4.69) is 36.1 Å². The van der Waals surface area contributed by atoms with E-state index in [0.717, 1.165) is 29.8 Å². The lowest BCUT2D eigenvalue weighted by Gasteiger charge is -2.12. The molecule has 1 aliphatic carbocycles. The van der Waals surface area contributed by atoms with Crippen LogP contribution < -0.4 is 16.0 Å². The Labute approximate surface area is 200 Å². The smallest absolute Gasteiger partial charge is 0.324 e. The number of aryl methyl sites for hydroxylation is 1. The molecule has 4 aromatic rings. The number of para-hydroxylation sites is 2. The lowest BCUT2D eigenvalue weighted by atomic mass is 10.2. The van der Waals surface area contributed by atoms with Gasteiger partial charge in [-0.05, 0) is 43.5 Å². The van der Waals surface area contributed by atoms with Gasteiger partial charge in [-0.3, -0.25) is 9.89 Å². The third-order valence-corrected chi connectivity index (χ3v) is 5.56. The van der Waals surface area contributed by atoms with E-state index in [-0.39, 0.29) is 17.5 Å². The van der Waals surface area contributed by atoms with E-state index >= 15 is 0 Å². The maximum Gasteiger partial charge on any atom is 0.389 e. The Morgan fingerprint density at radius 3 is 2.51 bits per heavy atom. The van der Waals surface area contributed by atoms with Gasteiger partial charge in [0.15, 0.2) is 0 Å². The lowest BCUT2D eigenvalue weighted by Crippen LogP contribution is -2.19. The zero-order chi connectivity index (χ0) is 24.4. The van der Waals surface area contributed by atoms with E-state index in [1.54, 1.807) is 24.3 Å². The maximum absolute atomic E-state index is 13.2. The van der Waals surface area contributed by atoms with Gasteiger partial charge in [0.25, 0.3) is 10.8 Å². The van der Waals surface area contributed by atoms with Crippen LogP contribution in [0.3, 0.4) is 0 Å². The average molecular weight is 472 g/mol. The van der Waals surface area contributed by atoms with Gasteiger partial charge in [-0.1, -0.05) is 36.4 Å². The van der Waals surface area contributed by atoms with E-state index in [0.29, 0.717) is 17.4 Å². The third kappa shape index (κ3) is 4.93. The molecule has 0 radical (unpaired) electrons. The number of benzene rings is 2. The van der Waals surface area contributed by atoms with E-state index in [4.69, 9.17) is 0 Å². The van der Waals surface area contributed by atoms with Gasteiger partial charge in [0.1, 0.15) is 5.82 Å². The van der Waals surface area contributed by atoms with Crippen molar-refractivity contribution in [1.29, 1.82) is 0 Å². The van der Waals surface area contributed by atoms with Crippen LogP contribution in [-0.4, -0.2) is 36.2 Å². The summed E-state index contributed by atoms with van der Waals surface area (Å²) in [6, 6.07) is 18.0. The molecular formula is C24H23N8O3+. The number of rotatable bonds is 8. The molecule has 1 aliphatic rings. The SMILES string of the molecule is Cc1ccccc1Nc1nc(Nc2cc(C3CC3)n[nH]2)c([N+](=O)O)c(C(=O)Nc2ccccc2)n1. The zero-order valence-electron chi connectivity index (χ0n) is 18.8. The minimum atomic E-state index is -0.692. The summed E-state index contributed by atoms with van der Waals surface area (Å²) in [5, 5.41) is 25.8. The molecule has 5 N–H and O–H groups in total. The van der Waals surface area contributed by atoms with Crippen molar-refractivity contribution in [3.05, 3.63) is 82.5 Å². The van der Waals surface area contributed by atoms with Gasteiger partial charge < -0.3 is 16.0 Å². The number of hydrogen-bond acceptors (Lipinski definition) is 7. The Balaban J connectivity index is 1.56. The highest BCUT2D eigenvalue weighted by Crippen LogP contribution is 2.40. The summed E-state index contributed by atoms with van der Waals surface area (Å²) in [6.45, 7) is 1.91. The summed E-state index contributed by atoms with van der Waals surface area (Å²) in [5.74, 6) is 0.170. The van der Waals surface area contributed by atoms with Crippen LogP contribution in [0.4, 0.5) is 34.6 Å². The molecule has 1 fully saturated rings. The molecule has 0 bridgehead atoms. The number of anilines is 5. The fourth-order valence-electron chi connectivity index (χ4n) is 3.60. The number of nitrogens with zero attached hydrogens (tertiary/aromatic N) is 4. The van der Waals surface area contributed by atoms with Gasteiger partial charge in [0.2, 0.25) is 17.5 Å². The molecule has 1 amide bonds. The molecule has 0 saturated heterocycles. The van der Waals surface area contributed by atoms with Crippen LogP contribution in [0.5, 0.6) is 0 Å². The highest BCUT2D eigenvalue weighted by Gasteiger charge is 2.34. The molecule has 0 spiro atoms. The summed E-state index contributed by atoms with van der Waals surface area (Å²) in [4.78, 5) is 33.6. The molecule has 11 nitrogen and oxygen atoms in total. The molecule has 0 unspecified atom stereocenters. The van der Waals surface area contributed by atoms with Crippen LogP contribution in [-0.2, 0) is 0 Å². The van der Waals surface area contributed by atoms with Crippen LogP contribution in [0.1, 0.15) is 40.5 Å². The Bertz CT molecular complexity index is 1400. The van der Waals surface area contributed by atoms with E-state index in [1.807, 2.05) is 43.3 Å². The summed E-state index contributed by atoms with van der Waals surface area (Å²) in [7, 11) is 0. The molecule has 35 heavy (non-hydrogen) atoms. The van der Waals surface area contributed by atoms with Crippen LogP contribution in [0, 0.1) is 11.8 Å². The highest BCUT2D eigenvalue weighted by atomic mass is 16.6. The standard InChI is InChI=1S/C24H22N8O3/c1-14-7-5-6-10-17(14)26-24-28-20(23(33)25-16-8-3-2-4-9-16)21(32(34)35)22(29-24)27-19-13-18(30-31-19)15-11-12-15/h2-10,13,15H,11-12H2,1H3,(H4-,25,26,27,28,29,30,31,33,34,35)/p+1. The number of hydrogen-bond donors (Lipinski definition) is 5. The first kappa shape index (κ1) is 22.0. The first-order valence-electron chi connectivity index (χ1n) is 11.1. The summed E-state index contributed by atoms with van der Waals surface area (Å²) in [5.41, 5.74) is 2.30. The normalized spacial score (nSPS) is 12.7. The van der Waals surface area contributed by atoms with Crippen molar-refractivity contribution < 1.29 is 14.9 Å². The van der Waals surface area contributed by atoms with Gasteiger partial charge in [-0.25, -0.2) is 5.21 Å². The molecule has 0 atom stereocenters.